The van der Waals surface area contributed by atoms with Crippen molar-refractivity contribution >= 4 is 38.6 Å². The lowest BCUT2D eigenvalue weighted by atomic mass is 10.3. The Hall–Kier alpha value is -2.03. The van der Waals surface area contributed by atoms with E-state index in [1.807, 2.05) is 6.92 Å². The summed E-state index contributed by atoms with van der Waals surface area (Å²) >= 11 is 7.34. The Labute approximate surface area is 160 Å². The lowest BCUT2D eigenvalue weighted by molar-refractivity contribution is 0.589. The van der Waals surface area contributed by atoms with Crippen LogP contribution in [0.3, 0.4) is 0 Å². The van der Waals surface area contributed by atoms with Crippen LogP contribution < -0.4 is 4.31 Å². The number of benzene rings is 1. The van der Waals surface area contributed by atoms with Crippen molar-refractivity contribution in [3.05, 3.63) is 69.1 Å². The molecule has 1 aromatic carbocycles. The zero-order valence-corrected chi connectivity index (χ0v) is 16.4. The third-order valence-electron chi connectivity index (χ3n) is 3.66. The first-order valence-corrected chi connectivity index (χ1v) is 10.3. The molecule has 0 saturated heterocycles. The Morgan fingerprint density at radius 1 is 1.23 bits per heavy atom. The predicted octanol–water partition coefficient (Wildman–Crippen LogP) is 4.34. The molecule has 0 N–H and O–H groups in total. The molecule has 136 valence electrons. The van der Waals surface area contributed by atoms with Crippen LogP contribution in [-0.2, 0) is 16.6 Å². The van der Waals surface area contributed by atoms with Crippen molar-refractivity contribution in [1.82, 2.24) is 9.97 Å². The van der Waals surface area contributed by atoms with Gasteiger partial charge in [0.25, 0.3) is 10.0 Å². The minimum absolute atomic E-state index is 0.00989. The fraction of sp³-hybridized carbons (Fsp3) is 0.176. The first kappa shape index (κ1) is 18.8. The van der Waals surface area contributed by atoms with Crippen molar-refractivity contribution in [2.24, 2.45) is 0 Å². The minimum atomic E-state index is -3.94. The molecule has 0 radical (unpaired) electrons. The Bertz CT molecular complexity index is 1040. The number of anilines is 1. The van der Waals surface area contributed by atoms with Crippen LogP contribution in [0.5, 0.6) is 0 Å². The molecule has 0 bridgehead atoms. The summed E-state index contributed by atoms with van der Waals surface area (Å²) in [7, 11) is -3.94. The Kier molecular flexibility index (Phi) is 5.27. The number of rotatable bonds is 5. The van der Waals surface area contributed by atoms with Crippen LogP contribution in [0.15, 0.2) is 46.8 Å². The van der Waals surface area contributed by atoms with E-state index < -0.39 is 15.8 Å². The number of nitrogens with zero attached hydrogens (tertiary/aromatic N) is 3. The van der Waals surface area contributed by atoms with Crippen LogP contribution in [0, 0.1) is 19.7 Å². The molecule has 0 amide bonds. The van der Waals surface area contributed by atoms with E-state index in [9.17, 15) is 12.8 Å². The molecule has 2 aromatic heterocycles. The van der Waals surface area contributed by atoms with Crippen LogP contribution in [0.1, 0.15) is 16.3 Å². The number of aryl methyl sites for hydroxylation is 2. The van der Waals surface area contributed by atoms with Gasteiger partial charge in [0.1, 0.15) is 15.9 Å². The number of aromatic nitrogens is 2. The van der Waals surface area contributed by atoms with Gasteiger partial charge in [0.05, 0.1) is 22.9 Å². The van der Waals surface area contributed by atoms with Crippen LogP contribution in [0.25, 0.3) is 0 Å². The smallest absolute Gasteiger partial charge is 0.260 e. The zero-order valence-electron chi connectivity index (χ0n) is 14.0. The van der Waals surface area contributed by atoms with Gasteiger partial charge >= 0.3 is 0 Å². The van der Waals surface area contributed by atoms with Crippen LogP contribution in [0.2, 0.25) is 5.15 Å². The first-order valence-electron chi connectivity index (χ1n) is 7.59. The van der Waals surface area contributed by atoms with Gasteiger partial charge in [0.15, 0.2) is 0 Å². The second-order valence-electron chi connectivity index (χ2n) is 5.62. The number of thiazole rings is 1. The maximum absolute atomic E-state index is 13.3. The molecule has 5 nitrogen and oxygen atoms in total. The van der Waals surface area contributed by atoms with Gasteiger partial charge in [-0.3, -0.25) is 4.31 Å². The highest BCUT2D eigenvalue weighted by atomic mass is 35.5. The van der Waals surface area contributed by atoms with Crippen LogP contribution in [0.4, 0.5) is 10.1 Å². The maximum Gasteiger partial charge on any atom is 0.266 e. The number of hydrogen-bond acceptors (Lipinski definition) is 5. The van der Waals surface area contributed by atoms with Crippen molar-refractivity contribution in [1.29, 1.82) is 0 Å². The minimum Gasteiger partial charge on any atom is -0.260 e. The molecule has 0 fully saturated rings. The highest BCUT2D eigenvalue weighted by Gasteiger charge is 2.27. The van der Waals surface area contributed by atoms with Crippen molar-refractivity contribution < 1.29 is 12.8 Å². The van der Waals surface area contributed by atoms with Crippen molar-refractivity contribution in [2.45, 2.75) is 25.3 Å². The summed E-state index contributed by atoms with van der Waals surface area (Å²) < 4.78 is 40.9. The second kappa shape index (κ2) is 7.30. The standard InChI is InChI=1S/C17H15ClFN3O2S2/c1-11-7-16(8-20-17(11)18)26(23,24)22(9-14-10-25-12(2)21-14)15-5-3-13(19)4-6-15/h3-8,10H,9H2,1-2H3. The monoisotopic (exact) mass is 411 g/mol. The average molecular weight is 412 g/mol. The summed E-state index contributed by atoms with van der Waals surface area (Å²) in [5.74, 6) is -0.445. The van der Waals surface area contributed by atoms with E-state index in [0.29, 0.717) is 16.9 Å². The van der Waals surface area contributed by atoms with E-state index in [2.05, 4.69) is 9.97 Å². The molecule has 9 heteroatoms. The molecule has 3 aromatic rings. The van der Waals surface area contributed by atoms with Gasteiger partial charge in [-0.2, -0.15) is 0 Å². The molecular formula is C17H15ClFN3O2S2. The van der Waals surface area contributed by atoms with Crippen molar-refractivity contribution in [3.63, 3.8) is 0 Å². The molecule has 3 rings (SSSR count). The fourth-order valence-corrected chi connectivity index (χ4v) is 4.53. The zero-order chi connectivity index (χ0) is 18.9. The number of hydrogen-bond donors (Lipinski definition) is 0. The van der Waals surface area contributed by atoms with Crippen molar-refractivity contribution in [2.75, 3.05) is 4.31 Å². The van der Waals surface area contributed by atoms with Gasteiger partial charge in [-0.1, -0.05) is 11.6 Å². The Morgan fingerprint density at radius 2 is 1.92 bits per heavy atom. The third-order valence-corrected chi connectivity index (χ3v) is 6.62. The molecule has 26 heavy (non-hydrogen) atoms. The van der Waals surface area contributed by atoms with E-state index in [1.54, 1.807) is 12.3 Å². The normalized spacial score (nSPS) is 11.5. The highest BCUT2D eigenvalue weighted by molar-refractivity contribution is 7.92. The lowest BCUT2D eigenvalue weighted by Gasteiger charge is -2.24. The predicted molar refractivity (Wildman–Crippen MR) is 101 cm³/mol. The van der Waals surface area contributed by atoms with Gasteiger partial charge in [0, 0.05) is 11.6 Å². The summed E-state index contributed by atoms with van der Waals surface area (Å²) in [5, 5.41) is 2.88. The Balaban J connectivity index is 2.08. The molecule has 0 unspecified atom stereocenters. The number of pyridine rings is 1. The lowest BCUT2D eigenvalue weighted by Crippen LogP contribution is -2.31. The molecule has 0 aliphatic rings. The third kappa shape index (κ3) is 3.87. The van der Waals surface area contributed by atoms with E-state index in [1.165, 1.54) is 52.2 Å². The first-order chi connectivity index (χ1) is 12.3. The van der Waals surface area contributed by atoms with Gasteiger partial charge in [-0.05, 0) is 49.7 Å². The average Bonchev–Trinajstić information content (AvgIpc) is 3.01. The largest absolute Gasteiger partial charge is 0.266 e. The van der Waals surface area contributed by atoms with Gasteiger partial charge < -0.3 is 0 Å². The number of halogens is 2. The van der Waals surface area contributed by atoms with E-state index in [-0.39, 0.29) is 16.6 Å². The van der Waals surface area contributed by atoms with Gasteiger partial charge in [-0.15, -0.1) is 11.3 Å². The summed E-state index contributed by atoms with van der Waals surface area (Å²) in [5.41, 5.74) is 1.50. The molecule has 0 aliphatic heterocycles. The quantitative estimate of drug-likeness (QED) is 0.586. The molecule has 0 aliphatic carbocycles. The molecule has 0 saturated carbocycles. The van der Waals surface area contributed by atoms with Gasteiger partial charge in [0.2, 0.25) is 0 Å². The summed E-state index contributed by atoms with van der Waals surface area (Å²) in [6, 6.07) is 6.74. The van der Waals surface area contributed by atoms with Crippen molar-refractivity contribution in [3.8, 4) is 0 Å². The maximum atomic E-state index is 13.3. The molecule has 0 spiro atoms. The fourth-order valence-electron chi connectivity index (χ4n) is 2.35. The summed E-state index contributed by atoms with van der Waals surface area (Å²) in [6.45, 7) is 3.55. The summed E-state index contributed by atoms with van der Waals surface area (Å²) in [4.78, 5) is 8.28. The summed E-state index contributed by atoms with van der Waals surface area (Å²) in [6.07, 6.45) is 1.22. The Morgan fingerprint density at radius 3 is 2.50 bits per heavy atom. The molecule has 2 heterocycles. The van der Waals surface area contributed by atoms with E-state index in [0.717, 1.165) is 5.01 Å². The molecule has 0 atom stereocenters. The van der Waals surface area contributed by atoms with Crippen LogP contribution >= 0.6 is 22.9 Å². The highest BCUT2D eigenvalue weighted by Crippen LogP contribution is 2.27. The SMILES string of the molecule is Cc1nc(CN(c2ccc(F)cc2)S(=O)(=O)c2cnc(Cl)c(C)c2)cs1. The van der Waals surface area contributed by atoms with Gasteiger partial charge in [-0.25, -0.2) is 22.8 Å². The van der Waals surface area contributed by atoms with Crippen LogP contribution in [-0.4, -0.2) is 18.4 Å². The molecular weight excluding hydrogens is 397 g/mol. The second-order valence-corrected chi connectivity index (χ2v) is 8.91. The topological polar surface area (TPSA) is 63.2 Å². The van der Waals surface area contributed by atoms with E-state index in [4.69, 9.17) is 11.6 Å². The number of sulfonamides is 1. The van der Waals surface area contributed by atoms with E-state index >= 15 is 0 Å².